The third-order valence-electron chi connectivity index (χ3n) is 2.20. The molecule has 16 heavy (non-hydrogen) atoms. The molecule has 0 aromatic heterocycles. The molecule has 1 atom stereocenters. The minimum atomic E-state index is -0.954. The Balaban J connectivity index is 0.000000325. The van der Waals surface area contributed by atoms with E-state index in [4.69, 9.17) is 5.11 Å². The Kier molecular flexibility index (Phi) is 7.16. The molecule has 1 saturated carbocycles. The normalized spacial score (nSPS) is 19.4. The van der Waals surface area contributed by atoms with Crippen LogP contribution in [0.15, 0.2) is 0 Å². The summed E-state index contributed by atoms with van der Waals surface area (Å²) in [7, 11) is 0. The van der Waals surface area contributed by atoms with Gasteiger partial charge in [-0.05, 0) is 19.8 Å². The van der Waals surface area contributed by atoms with E-state index in [1.165, 1.54) is 6.92 Å². The monoisotopic (exact) mass is 230 g/mol. The second-order valence-corrected chi connectivity index (χ2v) is 3.53. The summed E-state index contributed by atoms with van der Waals surface area (Å²) in [6.07, 6.45) is 2.73. The quantitative estimate of drug-likeness (QED) is 0.573. The van der Waals surface area contributed by atoms with E-state index in [9.17, 15) is 14.4 Å². The summed E-state index contributed by atoms with van der Waals surface area (Å²) < 4.78 is 4.40. The van der Waals surface area contributed by atoms with Crippen LogP contribution in [0.4, 0.5) is 0 Å². The van der Waals surface area contributed by atoms with Crippen LogP contribution in [0.2, 0.25) is 0 Å². The Morgan fingerprint density at radius 3 is 2.31 bits per heavy atom. The summed E-state index contributed by atoms with van der Waals surface area (Å²) in [6, 6.07) is 0. The molecule has 1 aliphatic carbocycles. The van der Waals surface area contributed by atoms with Crippen LogP contribution >= 0.6 is 0 Å². The number of carboxylic acids is 1. The Morgan fingerprint density at radius 1 is 1.44 bits per heavy atom. The third kappa shape index (κ3) is 6.16. The van der Waals surface area contributed by atoms with Crippen molar-refractivity contribution in [3.8, 4) is 0 Å². The highest BCUT2D eigenvalue weighted by Gasteiger charge is 2.27. The number of ether oxygens (including phenoxy) is 1. The van der Waals surface area contributed by atoms with Crippen molar-refractivity contribution in [1.29, 1.82) is 0 Å². The molecule has 1 N–H and O–H groups in total. The van der Waals surface area contributed by atoms with E-state index >= 15 is 0 Å². The first-order valence-corrected chi connectivity index (χ1v) is 5.38. The second-order valence-electron chi connectivity index (χ2n) is 3.53. The first-order chi connectivity index (χ1) is 7.49. The number of rotatable bonds is 2. The molecule has 0 aromatic rings. The van der Waals surface area contributed by atoms with E-state index in [1.807, 2.05) is 0 Å². The van der Waals surface area contributed by atoms with Crippen LogP contribution in [0, 0.1) is 5.92 Å². The summed E-state index contributed by atoms with van der Waals surface area (Å²) in [6.45, 7) is 3.65. The molecule has 1 aliphatic rings. The van der Waals surface area contributed by atoms with Gasteiger partial charge in [-0.3, -0.25) is 14.4 Å². The van der Waals surface area contributed by atoms with Crippen molar-refractivity contribution >= 4 is 17.7 Å². The molecule has 0 aromatic carbocycles. The van der Waals surface area contributed by atoms with E-state index in [2.05, 4.69) is 4.74 Å². The maximum atomic E-state index is 10.9. The molecule has 0 amide bonds. The third-order valence-corrected chi connectivity index (χ3v) is 2.20. The van der Waals surface area contributed by atoms with Gasteiger partial charge in [-0.2, -0.15) is 0 Å². The lowest BCUT2D eigenvalue weighted by Crippen LogP contribution is -2.26. The number of ketones is 1. The highest BCUT2D eigenvalue weighted by Crippen LogP contribution is 2.20. The van der Waals surface area contributed by atoms with Gasteiger partial charge in [0.05, 0.1) is 6.61 Å². The number of carboxylic acid groups (broad SMARTS) is 1. The van der Waals surface area contributed by atoms with E-state index in [-0.39, 0.29) is 11.8 Å². The molecule has 0 aliphatic heterocycles. The number of esters is 1. The Morgan fingerprint density at radius 2 is 2.06 bits per heavy atom. The lowest BCUT2D eigenvalue weighted by Gasteiger charge is -2.15. The van der Waals surface area contributed by atoms with E-state index in [1.54, 1.807) is 6.92 Å². The lowest BCUT2D eigenvalue weighted by molar-refractivity contribution is -0.147. The molecule has 5 heteroatoms. The van der Waals surface area contributed by atoms with Gasteiger partial charge >= 0.3 is 11.9 Å². The highest BCUT2D eigenvalue weighted by molar-refractivity contribution is 5.98. The number of aliphatic carboxylic acids is 1. The largest absolute Gasteiger partial charge is 0.481 e. The maximum absolute atomic E-state index is 10.9. The molecule has 0 radical (unpaired) electrons. The van der Waals surface area contributed by atoms with Crippen LogP contribution in [0.5, 0.6) is 0 Å². The van der Waals surface area contributed by atoms with Crippen molar-refractivity contribution in [2.75, 3.05) is 6.61 Å². The number of carbonyl (C=O) groups is 3. The average molecular weight is 230 g/mol. The Hall–Kier alpha value is -1.39. The van der Waals surface area contributed by atoms with E-state index < -0.39 is 11.9 Å². The van der Waals surface area contributed by atoms with Crippen molar-refractivity contribution in [2.24, 2.45) is 5.92 Å². The molecule has 1 rings (SSSR count). The second kappa shape index (κ2) is 7.84. The average Bonchev–Trinajstić information content (AvgIpc) is 2.18. The molecule has 1 fully saturated rings. The summed E-state index contributed by atoms with van der Waals surface area (Å²) in [5.74, 6) is -1.96. The smallest absolute Gasteiger partial charge is 0.314 e. The number of hydrogen-bond acceptors (Lipinski definition) is 4. The summed E-state index contributed by atoms with van der Waals surface area (Å²) in [4.78, 5) is 31.0. The Bertz CT molecular complexity index is 259. The standard InChI is InChI=1S/C7H10O3.C4H8O2/c8-6-4-2-1-3-5(6)7(9)10;1-3-6-4(2)5/h5H,1-4H2,(H,9,10);3H2,1-2H3. The molecule has 5 nitrogen and oxygen atoms in total. The zero-order valence-electron chi connectivity index (χ0n) is 9.69. The van der Waals surface area contributed by atoms with Gasteiger partial charge in [0, 0.05) is 13.3 Å². The molecule has 1 unspecified atom stereocenters. The van der Waals surface area contributed by atoms with Crippen LogP contribution < -0.4 is 0 Å². The number of carbonyl (C=O) groups excluding carboxylic acids is 2. The molecule has 0 bridgehead atoms. The first-order valence-electron chi connectivity index (χ1n) is 5.38. The van der Waals surface area contributed by atoms with E-state index in [0.29, 0.717) is 19.4 Å². The van der Waals surface area contributed by atoms with Gasteiger partial charge in [-0.15, -0.1) is 0 Å². The molecular weight excluding hydrogens is 212 g/mol. The first kappa shape index (κ1) is 14.6. The topological polar surface area (TPSA) is 80.7 Å². The fourth-order valence-electron chi connectivity index (χ4n) is 1.45. The molecule has 0 saturated heterocycles. The van der Waals surface area contributed by atoms with Crippen LogP contribution in [0.1, 0.15) is 39.5 Å². The van der Waals surface area contributed by atoms with Gasteiger partial charge in [0.2, 0.25) is 0 Å². The number of Topliss-reactive ketones (excluding diaryl/α,β-unsaturated/α-hetero) is 1. The molecule has 0 spiro atoms. The van der Waals surface area contributed by atoms with Crippen molar-refractivity contribution in [1.82, 2.24) is 0 Å². The SMILES string of the molecule is CCOC(C)=O.O=C(O)C1CCCCC1=O. The van der Waals surface area contributed by atoms with Crippen molar-refractivity contribution < 1.29 is 24.2 Å². The maximum Gasteiger partial charge on any atom is 0.314 e. The highest BCUT2D eigenvalue weighted by atomic mass is 16.5. The van der Waals surface area contributed by atoms with Gasteiger partial charge < -0.3 is 9.84 Å². The molecule has 0 heterocycles. The molecule has 92 valence electrons. The predicted molar refractivity (Wildman–Crippen MR) is 56.9 cm³/mol. The predicted octanol–water partition coefficient (Wildman–Crippen LogP) is 1.40. The van der Waals surface area contributed by atoms with Crippen molar-refractivity contribution in [2.45, 2.75) is 39.5 Å². The van der Waals surface area contributed by atoms with Crippen molar-refractivity contribution in [3.05, 3.63) is 0 Å². The van der Waals surface area contributed by atoms with E-state index in [0.717, 1.165) is 12.8 Å². The lowest BCUT2D eigenvalue weighted by atomic mass is 9.88. The zero-order valence-corrected chi connectivity index (χ0v) is 9.69. The minimum absolute atomic E-state index is 0.0984. The van der Waals surface area contributed by atoms with Gasteiger partial charge in [-0.1, -0.05) is 6.42 Å². The van der Waals surface area contributed by atoms with Gasteiger partial charge in [-0.25, -0.2) is 0 Å². The van der Waals surface area contributed by atoms with Crippen LogP contribution in [0.3, 0.4) is 0 Å². The number of hydrogen-bond donors (Lipinski definition) is 1. The van der Waals surface area contributed by atoms with Crippen LogP contribution in [-0.4, -0.2) is 29.4 Å². The van der Waals surface area contributed by atoms with Gasteiger partial charge in [0.1, 0.15) is 11.7 Å². The summed E-state index contributed by atoms with van der Waals surface area (Å²) in [5, 5.41) is 8.49. The zero-order chi connectivity index (χ0) is 12.6. The molecular formula is C11H18O5. The summed E-state index contributed by atoms with van der Waals surface area (Å²) in [5.41, 5.74) is 0. The summed E-state index contributed by atoms with van der Waals surface area (Å²) >= 11 is 0. The minimum Gasteiger partial charge on any atom is -0.481 e. The Labute approximate surface area is 94.8 Å². The van der Waals surface area contributed by atoms with Gasteiger partial charge in [0.15, 0.2) is 0 Å². The van der Waals surface area contributed by atoms with Crippen molar-refractivity contribution in [3.63, 3.8) is 0 Å². The fourth-order valence-corrected chi connectivity index (χ4v) is 1.45. The fraction of sp³-hybridized carbons (Fsp3) is 0.727. The van der Waals surface area contributed by atoms with Crippen LogP contribution in [-0.2, 0) is 19.1 Å². The van der Waals surface area contributed by atoms with Crippen LogP contribution in [0.25, 0.3) is 0 Å². The van der Waals surface area contributed by atoms with Gasteiger partial charge in [0.25, 0.3) is 0 Å².